The fraction of sp³-hybridized carbons (Fsp3) is 0.667. The van der Waals surface area contributed by atoms with Gasteiger partial charge >= 0.3 is 0 Å². The summed E-state index contributed by atoms with van der Waals surface area (Å²) in [6.45, 7) is 6.07. The van der Waals surface area contributed by atoms with Gasteiger partial charge in [0, 0.05) is 18.4 Å². The Morgan fingerprint density at radius 1 is 1.57 bits per heavy atom. The van der Waals surface area contributed by atoms with E-state index in [2.05, 4.69) is 21.8 Å². The largest absolute Gasteiger partial charge is 0.337 e. The summed E-state index contributed by atoms with van der Waals surface area (Å²) in [6, 6.07) is 4.36. The molecule has 1 aliphatic carbocycles. The third-order valence-corrected chi connectivity index (χ3v) is 4.28. The van der Waals surface area contributed by atoms with Gasteiger partial charge in [0.2, 0.25) is 5.91 Å². The predicted molar refractivity (Wildman–Crippen MR) is 79.3 cm³/mol. The molecule has 0 radical (unpaired) electrons. The number of nitrogens with one attached hydrogen (secondary N) is 2. The van der Waals surface area contributed by atoms with Gasteiger partial charge in [-0.05, 0) is 45.6 Å². The molecule has 0 aliphatic heterocycles. The van der Waals surface area contributed by atoms with Crippen LogP contribution in [0.2, 0.25) is 0 Å². The Morgan fingerprint density at radius 3 is 2.81 bits per heavy atom. The number of carbonyl (C=O) groups is 1. The van der Waals surface area contributed by atoms with Crippen LogP contribution in [0.15, 0.2) is 18.5 Å². The molecule has 114 valence electrons. The van der Waals surface area contributed by atoms with Crippen LogP contribution in [-0.4, -0.2) is 33.8 Å². The number of amides is 1. The Labute approximate surface area is 125 Å². The van der Waals surface area contributed by atoms with E-state index in [-0.39, 0.29) is 24.5 Å². The molecule has 6 nitrogen and oxygen atoms in total. The van der Waals surface area contributed by atoms with Gasteiger partial charge in [0.1, 0.15) is 5.54 Å². The highest BCUT2D eigenvalue weighted by Crippen LogP contribution is 2.39. The highest BCUT2D eigenvalue weighted by molar-refractivity contribution is 5.79. The summed E-state index contributed by atoms with van der Waals surface area (Å²) in [4.78, 5) is 12.0. The van der Waals surface area contributed by atoms with Crippen LogP contribution in [0.3, 0.4) is 0 Å². The van der Waals surface area contributed by atoms with E-state index in [1.54, 1.807) is 13.1 Å². The Hall–Kier alpha value is -1.87. The second kappa shape index (κ2) is 6.27. The zero-order valence-electron chi connectivity index (χ0n) is 12.8. The van der Waals surface area contributed by atoms with E-state index in [9.17, 15) is 10.1 Å². The van der Waals surface area contributed by atoms with E-state index in [4.69, 9.17) is 0 Å². The molecule has 1 aromatic rings. The molecule has 0 saturated heterocycles. The summed E-state index contributed by atoms with van der Waals surface area (Å²) in [5.74, 6) is 0.164. The van der Waals surface area contributed by atoms with Gasteiger partial charge < -0.3 is 10.6 Å². The minimum absolute atomic E-state index is 0.102. The van der Waals surface area contributed by atoms with Crippen molar-refractivity contribution in [3.05, 3.63) is 18.5 Å². The van der Waals surface area contributed by atoms with E-state index < -0.39 is 5.54 Å². The van der Waals surface area contributed by atoms with E-state index >= 15 is 0 Å². The zero-order valence-corrected chi connectivity index (χ0v) is 12.8. The number of carbonyl (C=O) groups excluding carboxylic acids is 1. The molecule has 1 amide bonds. The van der Waals surface area contributed by atoms with E-state index in [1.165, 1.54) is 0 Å². The van der Waals surface area contributed by atoms with Crippen molar-refractivity contribution in [1.29, 1.82) is 5.26 Å². The number of nitrogens with zero attached hydrogens (tertiary/aromatic N) is 3. The van der Waals surface area contributed by atoms with Crippen LogP contribution in [0.25, 0.3) is 0 Å². The number of rotatable bonds is 7. The molecule has 0 bridgehead atoms. The van der Waals surface area contributed by atoms with Gasteiger partial charge in [-0.1, -0.05) is 0 Å². The maximum atomic E-state index is 12.0. The van der Waals surface area contributed by atoms with Crippen molar-refractivity contribution in [3.8, 4) is 6.07 Å². The third kappa shape index (κ3) is 3.82. The fourth-order valence-electron chi connectivity index (χ4n) is 2.39. The topological polar surface area (TPSA) is 82.7 Å². The maximum absolute atomic E-state index is 12.0. The number of nitriles is 1. The molecule has 1 aliphatic rings. The summed E-state index contributed by atoms with van der Waals surface area (Å²) in [7, 11) is 0. The first-order chi connectivity index (χ1) is 9.96. The molecule has 1 heterocycles. The molecule has 21 heavy (non-hydrogen) atoms. The summed E-state index contributed by atoms with van der Waals surface area (Å²) < 4.78 is 1.86. The monoisotopic (exact) mass is 289 g/mol. The highest BCUT2D eigenvalue weighted by atomic mass is 16.2. The van der Waals surface area contributed by atoms with Gasteiger partial charge in [-0.15, -0.1) is 0 Å². The normalized spacial score (nSPS) is 20.1. The number of hydrogen-bond acceptors (Lipinski definition) is 4. The van der Waals surface area contributed by atoms with Crippen LogP contribution >= 0.6 is 0 Å². The molecule has 3 atom stereocenters. The first-order valence-corrected chi connectivity index (χ1v) is 7.41. The van der Waals surface area contributed by atoms with Crippen molar-refractivity contribution in [1.82, 2.24) is 20.4 Å². The first-order valence-electron chi connectivity index (χ1n) is 7.41. The average molecular weight is 289 g/mol. The van der Waals surface area contributed by atoms with Gasteiger partial charge in [0.15, 0.2) is 0 Å². The predicted octanol–water partition coefficient (Wildman–Crippen LogP) is 1.23. The van der Waals surface area contributed by atoms with E-state index in [0.717, 1.165) is 12.8 Å². The Kier molecular flexibility index (Phi) is 4.63. The van der Waals surface area contributed by atoms with Crippen LogP contribution in [-0.2, 0) is 4.79 Å². The van der Waals surface area contributed by atoms with Gasteiger partial charge in [-0.25, -0.2) is 0 Å². The zero-order chi connectivity index (χ0) is 15.5. The summed E-state index contributed by atoms with van der Waals surface area (Å²) >= 11 is 0. The third-order valence-electron chi connectivity index (χ3n) is 4.28. The quantitative estimate of drug-likeness (QED) is 0.791. The molecule has 0 unspecified atom stereocenters. The second-order valence-electron chi connectivity index (χ2n) is 6.03. The Bertz CT molecular complexity index is 517. The standard InChI is InChI=1S/C15H23N5O/c1-11(12(2)20-8-4-7-18-20)17-9-14(21)19-15(3,10-16)13-5-6-13/h4,7-8,11-13,17H,5-6,9H2,1-3H3,(H,19,21)/t11-,12+,15-/m0/s1. The summed E-state index contributed by atoms with van der Waals surface area (Å²) in [5, 5.41) is 19.5. The lowest BCUT2D eigenvalue weighted by Crippen LogP contribution is -2.51. The minimum Gasteiger partial charge on any atom is -0.337 e. The van der Waals surface area contributed by atoms with Gasteiger partial charge in [-0.2, -0.15) is 10.4 Å². The van der Waals surface area contributed by atoms with Crippen LogP contribution in [0.4, 0.5) is 0 Å². The molecule has 1 fully saturated rings. The molecule has 1 saturated carbocycles. The van der Waals surface area contributed by atoms with Crippen molar-refractivity contribution in [2.45, 2.75) is 51.2 Å². The molecule has 2 rings (SSSR count). The molecule has 1 aromatic heterocycles. The highest BCUT2D eigenvalue weighted by Gasteiger charge is 2.42. The summed E-state index contributed by atoms with van der Waals surface area (Å²) in [6.07, 6.45) is 5.68. The van der Waals surface area contributed by atoms with Crippen molar-refractivity contribution in [3.63, 3.8) is 0 Å². The van der Waals surface area contributed by atoms with Gasteiger partial charge in [0.05, 0.1) is 18.7 Å². The van der Waals surface area contributed by atoms with Crippen LogP contribution in [0.5, 0.6) is 0 Å². The van der Waals surface area contributed by atoms with E-state index in [1.807, 2.05) is 30.8 Å². The van der Waals surface area contributed by atoms with Crippen molar-refractivity contribution in [2.24, 2.45) is 5.92 Å². The van der Waals surface area contributed by atoms with Crippen molar-refractivity contribution >= 4 is 5.91 Å². The van der Waals surface area contributed by atoms with Gasteiger partial charge in [-0.3, -0.25) is 9.48 Å². The van der Waals surface area contributed by atoms with Gasteiger partial charge in [0.25, 0.3) is 0 Å². The lowest BCUT2D eigenvalue weighted by Gasteiger charge is -2.25. The Balaban J connectivity index is 1.80. The smallest absolute Gasteiger partial charge is 0.235 e. The summed E-state index contributed by atoms with van der Waals surface area (Å²) in [5.41, 5.74) is -0.727. The minimum atomic E-state index is -0.727. The number of aromatic nitrogens is 2. The molecular formula is C15H23N5O. The number of hydrogen-bond donors (Lipinski definition) is 2. The lowest BCUT2D eigenvalue weighted by molar-refractivity contribution is -0.121. The molecule has 6 heteroatoms. The molecular weight excluding hydrogens is 266 g/mol. The van der Waals surface area contributed by atoms with Crippen LogP contribution in [0, 0.1) is 17.2 Å². The lowest BCUT2D eigenvalue weighted by atomic mass is 9.98. The second-order valence-corrected chi connectivity index (χ2v) is 6.03. The van der Waals surface area contributed by atoms with Crippen LogP contribution < -0.4 is 10.6 Å². The Morgan fingerprint density at radius 2 is 2.29 bits per heavy atom. The fourth-order valence-corrected chi connectivity index (χ4v) is 2.39. The molecule has 2 N–H and O–H groups in total. The van der Waals surface area contributed by atoms with E-state index in [0.29, 0.717) is 5.92 Å². The van der Waals surface area contributed by atoms with Crippen LogP contribution in [0.1, 0.15) is 39.7 Å². The average Bonchev–Trinajstić information content (AvgIpc) is 3.20. The van der Waals surface area contributed by atoms with Crippen molar-refractivity contribution in [2.75, 3.05) is 6.54 Å². The SMILES string of the molecule is C[C@H](NCC(=O)N[C@@](C)(C#N)C1CC1)[C@@H](C)n1cccn1. The molecule has 0 spiro atoms. The van der Waals surface area contributed by atoms with Crippen molar-refractivity contribution < 1.29 is 4.79 Å². The molecule has 0 aromatic carbocycles. The first kappa shape index (κ1) is 15.5. The maximum Gasteiger partial charge on any atom is 0.235 e.